The Morgan fingerprint density at radius 2 is 1.88 bits per heavy atom. The van der Waals surface area contributed by atoms with Crippen molar-refractivity contribution < 1.29 is 19.1 Å². The van der Waals surface area contributed by atoms with Gasteiger partial charge in [0.25, 0.3) is 0 Å². The van der Waals surface area contributed by atoms with E-state index in [4.69, 9.17) is 10.00 Å². The highest BCUT2D eigenvalue weighted by Crippen LogP contribution is 2.35. The minimum atomic E-state index is -0.590. The van der Waals surface area contributed by atoms with Crippen molar-refractivity contribution in [2.75, 3.05) is 14.2 Å². The van der Waals surface area contributed by atoms with Gasteiger partial charge in [-0.15, -0.1) is 0 Å². The van der Waals surface area contributed by atoms with Crippen molar-refractivity contribution in [3.8, 4) is 6.07 Å². The van der Waals surface area contributed by atoms with Crippen LogP contribution in [0.25, 0.3) is 0 Å². The van der Waals surface area contributed by atoms with Gasteiger partial charge in [0.05, 0.1) is 32.6 Å². The van der Waals surface area contributed by atoms with Crippen LogP contribution >= 0.6 is 0 Å². The zero-order valence-corrected chi connectivity index (χ0v) is 10.8. The standard InChI is InChI=1S/C12H19NO4/c1-12(2,6-5-7-13)9(11(15)17-4)8-10(14)16-3/h9H,5-6,8H2,1-4H3. The van der Waals surface area contributed by atoms with Crippen LogP contribution < -0.4 is 0 Å². The predicted octanol–water partition coefficient (Wildman–Crippen LogP) is 1.67. The van der Waals surface area contributed by atoms with Gasteiger partial charge in [0.15, 0.2) is 0 Å². The number of hydrogen-bond acceptors (Lipinski definition) is 5. The number of esters is 2. The summed E-state index contributed by atoms with van der Waals surface area (Å²) >= 11 is 0. The number of methoxy groups -OCH3 is 2. The number of hydrogen-bond donors (Lipinski definition) is 0. The maximum atomic E-state index is 11.7. The van der Waals surface area contributed by atoms with Gasteiger partial charge in [0.1, 0.15) is 0 Å². The molecule has 0 rings (SSSR count). The molecule has 17 heavy (non-hydrogen) atoms. The Balaban J connectivity index is 4.84. The van der Waals surface area contributed by atoms with E-state index in [1.165, 1.54) is 14.2 Å². The van der Waals surface area contributed by atoms with Crippen molar-refractivity contribution in [1.29, 1.82) is 5.26 Å². The number of carbonyl (C=O) groups excluding carboxylic acids is 2. The highest BCUT2D eigenvalue weighted by molar-refractivity contribution is 5.80. The van der Waals surface area contributed by atoms with Crippen LogP contribution in [0, 0.1) is 22.7 Å². The van der Waals surface area contributed by atoms with Gasteiger partial charge in [-0.25, -0.2) is 0 Å². The molecule has 0 aliphatic heterocycles. The minimum absolute atomic E-state index is 0.0262. The highest BCUT2D eigenvalue weighted by atomic mass is 16.5. The maximum absolute atomic E-state index is 11.7. The first-order valence-corrected chi connectivity index (χ1v) is 5.40. The summed E-state index contributed by atoms with van der Waals surface area (Å²) in [7, 11) is 2.56. The van der Waals surface area contributed by atoms with Gasteiger partial charge in [-0.3, -0.25) is 9.59 Å². The van der Waals surface area contributed by atoms with E-state index in [9.17, 15) is 9.59 Å². The highest BCUT2D eigenvalue weighted by Gasteiger charge is 2.37. The lowest BCUT2D eigenvalue weighted by Crippen LogP contribution is -2.34. The van der Waals surface area contributed by atoms with Crippen LogP contribution in [0.4, 0.5) is 0 Å². The summed E-state index contributed by atoms with van der Waals surface area (Å²) in [5.74, 6) is -1.49. The second kappa shape index (κ2) is 6.89. The van der Waals surface area contributed by atoms with Gasteiger partial charge < -0.3 is 9.47 Å². The Bertz CT molecular complexity index is 317. The van der Waals surface area contributed by atoms with Crippen LogP contribution in [0.3, 0.4) is 0 Å². The quantitative estimate of drug-likeness (QED) is 0.661. The van der Waals surface area contributed by atoms with Crippen LogP contribution in [0.15, 0.2) is 0 Å². The molecule has 0 spiro atoms. The lowest BCUT2D eigenvalue weighted by molar-refractivity contribution is -0.156. The first-order valence-electron chi connectivity index (χ1n) is 5.40. The molecule has 0 aromatic carbocycles. The molecule has 0 radical (unpaired) electrons. The third-order valence-electron chi connectivity index (χ3n) is 2.91. The SMILES string of the molecule is COC(=O)CC(C(=O)OC)C(C)(C)CCC#N. The van der Waals surface area contributed by atoms with Crippen molar-refractivity contribution in [1.82, 2.24) is 0 Å². The van der Waals surface area contributed by atoms with Gasteiger partial charge in [-0.2, -0.15) is 5.26 Å². The molecule has 0 saturated carbocycles. The monoisotopic (exact) mass is 241 g/mol. The Hall–Kier alpha value is -1.57. The third-order valence-corrected chi connectivity index (χ3v) is 2.91. The summed E-state index contributed by atoms with van der Waals surface area (Å²) in [4.78, 5) is 22.9. The van der Waals surface area contributed by atoms with Crippen LogP contribution in [0.1, 0.15) is 33.1 Å². The Morgan fingerprint density at radius 3 is 2.29 bits per heavy atom. The summed E-state index contributed by atoms with van der Waals surface area (Å²) in [6.07, 6.45) is 0.837. The second-order valence-electron chi connectivity index (χ2n) is 4.50. The van der Waals surface area contributed by atoms with Crippen LogP contribution in [0.2, 0.25) is 0 Å². The normalized spacial score (nSPS) is 12.4. The zero-order chi connectivity index (χ0) is 13.5. The topological polar surface area (TPSA) is 76.4 Å². The lowest BCUT2D eigenvalue weighted by atomic mass is 9.74. The fourth-order valence-corrected chi connectivity index (χ4v) is 1.62. The first kappa shape index (κ1) is 15.4. The van der Waals surface area contributed by atoms with Crippen molar-refractivity contribution in [3.05, 3.63) is 0 Å². The molecule has 0 aromatic rings. The number of nitriles is 1. The summed E-state index contributed by atoms with van der Waals surface area (Å²) in [5, 5.41) is 8.58. The molecule has 0 aliphatic rings. The third kappa shape index (κ3) is 4.85. The molecule has 5 heteroatoms. The van der Waals surface area contributed by atoms with Crippen molar-refractivity contribution in [2.24, 2.45) is 11.3 Å². The molecule has 96 valence electrons. The van der Waals surface area contributed by atoms with E-state index < -0.39 is 23.3 Å². The van der Waals surface area contributed by atoms with E-state index in [1.54, 1.807) is 0 Å². The molecule has 0 aromatic heterocycles. The van der Waals surface area contributed by atoms with Gasteiger partial charge >= 0.3 is 11.9 Å². The van der Waals surface area contributed by atoms with Crippen molar-refractivity contribution in [3.63, 3.8) is 0 Å². The molecule has 0 heterocycles. The molecule has 0 N–H and O–H groups in total. The van der Waals surface area contributed by atoms with E-state index in [0.717, 1.165) is 0 Å². The Kier molecular flexibility index (Phi) is 6.26. The fourth-order valence-electron chi connectivity index (χ4n) is 1.62. The first-order chi connectivity index (χ1) is 7.88. The van der Waals surface area contributed by atoms with E-state index in [1.807, 2.05) is 19.9 Å². The fraction of sp³-hybridized carbons (Fsp3) is 0.750. The molecule has 1 unspecified atom stereocenters. The van der Waals surface area contributed by atoms with Crippen LogP contribution in [-0.2, 0) is 19.1 Å². The van der Waals surface area contributed by atoms with E-state index in [2.05, 4.69) is 4.74 Å². The van der Waals surface area contributed by atoms with Gasteiger partial charge in [-0.1, -0.05) is 13.8 Å². The summed E-state index contributed by atoms with van der Waals surface area (Å²) in [6.45, 7) is 3.68. The van der Waals surface area contributed by atoms with E-state index in [0.29, 0.717) is 12.8 Å². The largest absolute Gasteiger partial charge is 0.469 e. The molecule has 0 bridgehead atoms. The van der Waals surface area contributed by atoms with E-state index >= 15 is 0 Å². The molecular formula is C12H19NO4. The van der Waals surface area contributed by atoms with E-state index in [-0.39, 0.29) is 6.42 Å². The number of ether oxygens (including phenoxy) is 2. The van der Waals surface area contributed by atoms with Gasteiger partial charge in [0.2, 0.25) is 0 Å². The number of nitrogens with zero attached hydrogens (tertiary/aromatic N) is 1. The zero-order valence-electron chi connectivity index (χ0n) is 10.8. The minimum Gasteiger partial charge on any atom is -0.469 e. The Morgan fingerprint density at radius 1 is 1.29 bits per heavy atom. The molecule has 0 aliphatic carbocycles. The predicted molar refractivity (Wildman–Crippen MR) is 60.8 cm³/mol. The lowest BCUT2D eigenvalue weighted by Gasteiger charge is -2.31. The second-order valence-corrected chi connectivity index (χ2v) is 4.50. The number of carbonyl (C=O) groups is 2. The average Bonchev–Trinajstić information content (AvgIpc) is 2.31. The van der Waals surface area contributed by atoms with Crippen molar-refractivity contribution in [2.45, 2.75) is 33.1 Å². The van der Waals surface area contributed by atoms with Crippen LogP contribution in [0.5, 0.6) is 0 Å². The van der Waals surface area contributed by atoms with Crippen molar-refractivity contribution >= 4 is 11.9 Å². The smallest absolute Gasteiger partial charge is 0.309 e. The summed E-state index contributed by atoms with van der Waals surface area (Å²) < 4.78 is 9.26. The van der Waals surface area contributed by atoms with Gasteiger partial charge in [0, 0.05) is 6.42 Å². The molecular weight excluding hydrogens is 222 g/mol. The van der Waals surface area contributed by atoms with Crippen LogP contribution in [-0.4, -0.2) is 26.2 Å². The summed E-state index contributed by atoms with van der Waals surface area (Å²) in [5.41, 5.74) is -0.475. The molecule has 1 atom stereocenters. The molecule has 0 fully saturated rings. The molecule has 0 amide bonds. The molecule has 5 nitrogen and oxygen atoms in total. The summed E-state index contributed by atoms with van der Waals surface area (Å²) in [6, 6.07) is 2.03. The van der Waals surface area contributed by atoms with Gasteiger partial charge in [-0.05, 0) is 11.8 Å². The number of rotatable bonds is 6. The maximum Gasteiger partial charge on any atom is 0.309 e. The Labute approximate surface area is 102 Å². The average molecular weight is 241 g/mol. The molecule has 0 saturated heterocycles.